The molecule has 3 saturated carbocycles. The molecule has 6 nitrogen and oxygen atoms in total. The van der Waals surface area contributed by atoms with Gasteiger partial charge in [0.25, 0.3) is 0 Å². The molecule has 34 heavy (non-hydrogen) atoms. The predicted octanol–water partition coefficient (Wildman–Crippen LogP) is 4.89. The number of hydrogen-bond donors (Lipinski definition) is 0. The van der Waals surface area contributed by atoms with E-state index < -0.39 is 17.9 Å². The van der Waals surface area contributed by atoms with Crippen LogP contribution in [0.3, 0.4) is 0 Å². The molecular formula is C28H42O6. The summed E-state index contributed by atoms with van der Waals surface area (Å²) in [5.41, 5.74) is 1.57. The van der Waals surface area contributed by atoms with E-state index in [4.69, 9.17) is 14.2 Å². The van der Waals surface area contributed by atoms with Crippen molar-refractivity contribution in [3.05, 3.63) is 11.6 Å². The standard InChI is InChI=1S/C26H36O6.C2H6/c1-25-12-10-18-20(22-21(32-22)19-13-15(27)9-11-26(18,19)2)17(25)8-6-14(25)5-7-16(23(28)30-3)24(29)31-4;1-2/h13-14,16-18,20-22H,5-12H2,1-4H3;1-2H3. The van der Waals surface area contributed by atoms with Gasteiger partial charge in [-0.25, -0.2) is 0 Å². The molecule has 6 heteroatoms. The molecule has 0 spiro atoms. The van der Waals surface area contributed by atoms with Crippen LogP contribution in [-0.4, -0.2) is 44.1 Å². The Morgan fingerprint density at radius 2 is 1.74 bits per heavy atom. The van der Waals surface area contributed by atoms with Gasteiger partial charge in [0.15, 0.2) is 11.7 Å². The number of rotatable bonds is 5. The lowest BCUT2D eigenvalue weighted by molar-refractivity contribution is -0.159. The minimum atomic E-state index is -0.832. The van der Waals surface area contributed by atoms with Gasteiger partial charge in [-0.2, -0.15) is 0 Å². The molecule has 190 valence electrons. The zero-order chi connectivity index (χ0) is 24.8. The quantitative estimate of drug-likeness (QED) is 0.321. The number of ether oxygens (including phenoxy) is 3. The van der Waals surface area contributed by atoms with Crippen molar-refractivity contribution in [1.29, 1.82) is 0 Å². The number of esters is 2. The lowest BCUT2D eigenvalue weighted by atomic mass is 9.46. The van der Waals surface area contributed by atoms with Gasteiger partial charge in [-0.3, -0.25) is 14.4 Å². The summed E-state index contributed by atoms with van der Waals surface area (Å²) in [6.07, 6.45) is 9.92. The fraction of sp³-hybridized carbons (Fsp3) is 0.821. The van der Waals surface area contributed by atoms with Gasteiger partial charge in [0.2, 0.25) is 0 Å². The van der Waals surface area contributed by atoms with Gasteiger partial charge < -0.3 is 14.2 Å². The maximum absolute atomic E-state index is 12.1. The SMILES string of the molecule is CC.COC(=O)C(CCC1CCC2C3C4OC4C4=CC(=O)CCC4(C)C3CCC12C)C(=O)OC. The topological polar surface area (TPSA) is 82.2 Å². The molecule has 4 fully saturated rings. The van der Waals surface area contributed by atoms with E-state index >= 15 is 0 Å². The Morgan fingerprint density at radius 3 is 2.38 bits per heavy atom. The number of hydrogen-bond acceptors (Lipinski definition) is 6. The summed E-state index contributed by atoms with van der Waals surface area (Å²) in [6.45, 7) is 8.82. The van der Waals surface area contributed by atoms with Crippen molar-refractivity contribution in [2.24, 2.45) is 40.4 Å². The number of epoxide rings is 1. The zero-order valence-electron chi connectivity index (χ0n) is 21.7. The summed E-state index contributed by atoms with van der Waals surface area (Å²) in [6, 6.07) is 0. The molecule has 0 aromatic heterocycles. The molecule has 1 heterocycles. The minimum Gasteiger partial charge on any atom is -0.468 e. The lowest BCUT2D eigenvalue weighted by Crippen LogP contribution is -2.53. The predicted molar refractivity (Wildman–Crippen MR) is 128 cm³/mol. The molecule has 1 saturated heterocycles. The van der Waals surface area contributed by atoms with Crippen LogP contribution in [-0.2, 0) is 28.6 Å². The fourth-order valence-electron chi connectivity index (χ4n) is 8.37. The zero-order valence-corrected chi connectivity index (χ0v) is 21.7. The van der Waals surface area contributed by atoms with E-state index in [1.165, 1.54) is 39.1 Å². The highest BCUT2D eigenvalue weighted by Gasteiger charge is 2.68. The van der Waals surface area contributed by atoms with Crippen LogP contribution in [0.15, 0.2) is 11.6 Å². The first-order valence-corrected chi connectivity index (χ1v) is 13.3. The molecule has 0 amide bonds. The molecular weight excluding hydrogens is 432 g/mol. The summed E-state index contributed by atoms with van der Waals surface area (Å²) in [4.78, 5) is 36.4. The molecule has 8 atom stereocenters. The molecule has 4 aliphatic carbocycles. The van der Waals surface area contributed by atoms with Gasteiger partial charge in [0, 0.05) is 6.42 Å². The Kier molecular flexibility index (Phi) is 7.03. The average Bonchev–Trinajstić information content (AvgIpc) is 3.57. The molecule has 8 unspecified atom stereocenters. The molecule has 0 aromatic carbocycles. The second-order valence-corrected chi connectivity index (χ2v) is 11.3. The molecule has 0 bridgehead atoms. The van der Waals surface area contributed by atoms with E-state index in [9.17, 15) is 14.4 Å². The molecule has 0 N–H and O–H groups in total. The first-order valence-electron chi connectivity index (χ1n) is 13.3. The largest absolute Gasteiger partial charge is 0.468 e. The van der Waals surface area contributed by atoms with E-state index in [2.05, 4.69) is 13.8 Å². The number of ketones is 1. The summed E-state index contributed by atoms with van der Waals surface area (Å²) >= 11 is 0. The van der Waals surface area contributed by atoms with Gasteiger partial charge in [0.05, 0.1) is 20.3 Å². The number of carbonyl (C=O) groups excluding carboxylic acids is 3. The molecule has 5 aliphatic rings. The van der Waals surface area contributed by atoms with Crippen LogP contribution in [0.25, 0.3) is 0 Å². The van der Waals surface area contributed by atoms with Crippen molar-refractivity contribution in [2.45, 2.75) is 91.3 Å². The Bertz CT molecular complexity index is 847. The monoisotopic (exact) mass is 474 g/mol. The fourth-order valence-corrected chi connectivity index (χ4v) is 8.37. The van der Waals surface area contributed by atoms with Gasteiger partial charge in [-0.05, 0) is 91.1 Å². The van der Waals surface area contributed by atoms with Crippen molar-refractivity contribution < 1.29 is 28.6 Å². The number of methoxy groups -OCH3 is 2. The third kappa shape index (κ3) is 3.84. The highest BCUT2D eigenvalue weighted by atomic mass is 16.6. The smallest absolute Gasteiger partial charge is 0.320 e. The van der Waals surface area contributed by atoms with Crippen molar-refractivity contribution in [2.75, 3.05) is 14.2 Å². The summed E-state index contributed by atoms with van der Waals surface area (Å²) in [5, 5.41) is 0. The number of fused-ring (bicyclic) bond motifs is 8. The second kappa shape index (κ2) is 9.40. The van der Waals surface area contributed by atoms with E-state index in [0.717, 1.165) is 19.3 Å². The Balaban J connectivity index is 0.00000133. The van der Waals surface area contributed by atoms with Crippen LogP contribution in [0.5, 0.6) is 0 Å². The molecule has 0 radical (unpaired) electrons. The Labute approximate surface area is 204 Å². The van der Waals surface area contributed by atoms with Crippen molar-refractivity contribution in [3.63, 3.8) is 0 Å². The average molecular weight is 475 g/mol. The lowest BCUT2D eigenvalue weighted by Gasteiger charge is -2.56. The Hall–Kier alpha value is -1.69. The normalized spacial score (nSPS) is 41.6. The van der Waals surface area contributed by atoms with Crippen molar-refractivity contribution >= 4 is 17.7 Å². The maximum atomic E-state index is 12.1. The van der Waals surface area contributed by atoms with Crippen molar-refractivity contribution in [1.82, 2.24) is 0 Å². The first kappa shape index (κ1) is 25.4. The highest BCUT2D eigenvalue weighted by molar-refractivity contribution is 5.94. The first-order chi connectivity index (χ1) is 16.2. The van der Waals surface area contributed by atoms with Crippen LogP contribution in [0.1, 0.15) is 79.1 Å². The third-order valence-electron chi connectivity index (χ3n) is 10.2. The van der Waals surface area contributed by atoms with E-state index in [0.29, 0.717) is 36.5 Å². The minimum absolute atomic E-state index is 0.0938. The summed E-state index contributed by atoms with van der Waals surface area (Å²) in [7, 11) is 2.65. The van der Waals surface area contributed by atoms with Gasteiger partial charge >= 0.3 is 11.9 Å². The summed E-state index contributed by atoms with van der Waals surface area (Å²) < 4.78 is 16.0. The Morgan fingerprint density at radius 1 is 1.06 bits per heavy atom. The van der Waals surface area contributed by atoms with Crippen LogP contribution >= 0.6 is 0 Å². The van der Waals surface area contributed by atoms with Crippen LogP contribution in [0.2, 0.25) is 0 Å². The van der Waals surface area contributed by atoms with Gasteiger partial charge in [-0.15, -0.1) is 0 Å². The van der Waals surface area contributed by atoms with Crippen molar-refractivity contribution in [3.8, 4) is 0 Å². The molecule has 5 rings (SSSR count). The van der Waals surface area contributed by atoms with Gasteiger partial charge in [-0.1, -0.05) is 27.7 Å². The third-order valence-corrected chi connectivity index (χ3v) is 10.2. The second-order valence-electron chi connectivity index (χ2n) is 11.3. The van der Waals surface area contributed by atoms with Gasteiger partial charge in [0.1, 0.15) is 6.10 Å². The maximum Gasteiger partial charge on any atom is 0.320 e. The number of carbonyl (C=O) groups is 3. The molecule has 0 aromatic rings. The summed E-state index contributed by atoms with van der Waals surface area (Å²) in [5.74, 6) is 0.656. The molecule has 1 aliphatic heterocycles. The van der Waals surface area contributed by atoms with E-state index in [1.807, 2.05) is 19.9 Å². The van der Waals surface area contributed by atoms with E-state index in [-0.39, 0.29) is 28.8 Å². The van der Waals surface area contributed by atoms with Crippen LogP contribution < -0.4 is 0 Å². The van der Waals surface area contributed by atoms with E-state index in [1.54, 1.807) is 0 Å². The van der Waals surface area contributed by atoms with Crippen LogP contribution in [0.4, 0.5) is 0 Å². The highest BCUT2D eigenvalue weighted by Crippen LogP contribution is 2.70. The van der Waals surface area contributed by atoms with Crippen LogP contribution in [0, 0.1) is 40.4 Å².